The maximum absolute atomic E-state index is 12.3. The van der Waals surface area contributed by atoms with Gasteiger partial charge in [0.05, 0.1) is 32.1 Å². The van der Waals surface area contributed by atoms with Crippen LogP contribution in [0.1, 0.15) is 13.8 Å². The van der Waals surface area contributed by atoms with Gasteiger partial charge in [0.15, 0.2) is 0 Å². The monoisotopic (exact) mass is 322 g/mol. The Balaban J connectivity index is 2.10. The number of carbonyl (C=O) groups is 2. The molecular formula is C16H22N2O5. The second kappa shape index (κ2) is 7.32. The van der Waals surface area contributed by atoms with Crippen molar-refractivity contribution in [3.63, 3.8) is 0 Å². The number of benzene rings is 1. The van der Waals surface area contributed by atoms with E-state index in [2.05, 4.69) is 5.32 Å². The number of rotatable bonds is 3. The third-order valence-electron chi connectivity index (χ3n) is 3.56. The molecule has 1 saturated heterocycles. The minimum Gasteiger partial charge on any atom is -0.497 e. The van der Waals surface area contributed by atoms with E-state index in [4.69, 9.17) is 14.2 Å². The van der Waals surface area contributed by atoms with E-state index in [1.807, 2.05) is 13.8 Å². The van der Waals surface area contributed by atoms with Crippen LogP contribution < -0.4 is 14.8 Å². The van der Waals surface area contributed by atoms with Crippen molar-refractivity contribution in [2.45, 2.75) is 26.1 Å². The zero-order valence-corrected chi connectivity index (χ0v) is 13.8. The van der Waals surface area contributed by atoms with Gasteiger partial charge in [-0.15, -0.1) is 0 Å². The molecular weight excluding hydrogens is 300 g/mol. The topological polar surface area (TPSA) is 77.1 Å². The summed E-state index contributed by atoms with van der Waals surface area (Å²) in [6.45, 7) is 4.54. The van der Waals surface area contributed by atoms with Gasteiger partial charge in [-0.1, -0.05) is 0 Å². The first-order valence-electron chi connectivity index (χ1n) is 7.42. The molecule has 7 heteroatoms. The van der Waals surface area contributed by atoms with Crippen LogP contribution in [0.4, 0.5) is 5.69 Å². The summed E-state index contributed by atoms with van der Waals surface area (Å²) in [7, 11) is 3.01. The van der Waals surface area contributed by atoms with Crippen LogP contribution in [0.15, 0.2) is 18.2 Å². The average Bonchev–Trinajstić information content (AvgIpc) is 2.53. The Morgan fingerprint density at radius 3 is 2.39 bits per heavy atom. The summed E-state index contributed by atoms with van der Waals surface area (Å²) in [4.78, 5) is 26.1. The van der Waals surface area contributed by atoms with Gasteiger partial charge in [0.1, 0.15) is 11.5 Å². The number of amides is 2. The first-order valence-corrected chi connectivity index (χ1v) is 7.42. The van der Waals surface area contributed by atoms with E-state index >= 15 is 0 Å². The zero-order valence-electron chi connectivity index (χ0n) is 13.8. The van der Waals surface area contributed by atoms with Crippen LogP contribution in [0.2, 0.25) is 0 Å². The third kappa shape index (κ3) is 4.13. The van der Waals surface area contributed by atoms with Crippen molar-refractivity contribution in [1.29, 1.82) is 0 Å². The number of hydrogen-bond acceptors (Lipinski definition) is 5. The number of nitrogens with one attached hydrogen (secondary N) is 1. The van der Waals surface area contributed by atoms with E-state index in [0.29, 0.717) is 30.3 Å². The predicted molar refractivity (Wildman–Crippen MR) is 84.8 cm³/mol. The lowest BCUT2D eigenvalue weighted by molar-refractivity contribution is -0.151. The maximum atomic E-state index is 12.3. The van der Waals surface area contributed by atoms with E-state index in [1.54, 1.807) is 18.2 Å². The summed E-state index contributed by atoms with van der Waals surface area (Å²) in [6.07, 6.45) is -0.191. The van der Waals surface area contributed by atoms with Crippen molar-refractivity contribution in [2.75, 3.05) is 32.6 Å². The highest BCUT2D eigenvalue weighted by Gasteiger charge is 2.30. The molecule has 1 fully saturated rings. The van der Waals surface area contributed by atoms with Gasteiger partial charge in [0.25, 0.3) is 0 Å². The summed E-state index contributed by atoms with van der Waals surface area (Å²) in [5, 5.41) is 2.59. The van der Waals surface area contributed by atoms with Crippen LogP contribution in [0.3, 0.4) is 0 Å². The van der Waals surface area contributed by atoms with Crippen LogP contribution in [-0.4, -0.2) is 56.2 Å². The molecule has 126 valence electrons. The minimum absolute atomic E-state index is 0.0955. The maximum Gasteiger partial charge on any atom is 0.314 e. The summed E-state index contributed by atoms with van der Waals surface area (Å²) >= 11 is 0. The first-order chi connectivity index (χ1) is 10.9. The number of methoxy groups -OCH3 is 2. The molecule has 2 amide bonds. The van der Waals surface area contributed by atoms with Crippen molar-refractivity contribution >= 4 is 17.5 Å². The summed E-state index contributed by atoms with van der Waals surface area (Å²) < 4.78 is 15.9. The second-order valence-electron chi connectivity index (χ2n) is 5.49. The van der Waals surface area contributed by atoms with Gasteiger partial charge in [-0.2, -0.15) is 0 Å². The van der Waals surface area contributed by atoms with Crippen molar-refractivity contribution < 1.29 is 23.8 Å². The Kier molecular flexibility index (Phi) is 5.44. The molecule has 0 saturated carbocycles. The number of anilines is 1. The molecule has 2 unspecified atom stereocenters. The smallest absolute Gasteiger partial charge is 0.314 e. The van der Waals surface area contributed by atoms with Crippen LogP contribution in [0.25, 0.3) is 0 Å². The van der Waals surface area contributed by atoms with Crippen LogP contribution in [0.5, 0.6) is 11.5 Å². The van der Waals surface area contributed by atoms with Gasteiger partial charge >= 0.3 is 11.8 Å². The van der Waals surface area contributed by atoms with E-state index in [0.717, 1.165) is 0 Å². The Bertz CT molecular complexity index is 580. The van der Waals surface area contributed by atoms with Gasteiger partial charge in [0.2, 0.25) is 0 Å². The summed E-state index contributed by atoms with van der Waals surface area (Å²) in [5.41, 5.74) is 0.388. The molecule has 1 N–H and O–H groups in total. The molecule has 1 heterocycles. The van der Waals surface area contributed by atoms with Crippen LogP contribution in [0, 0.1) is 0 Å². The van der Waals surface area contributed by atoms with Crippen molar-refractivity contribution in [1.82, 2.24) is 4.90 Å². The zero-order chi connectivity index (χ0) is 17.0. The van der Waals surface area contributed by atoms with Crippen molar-refractivity contribution in [2.24, 2.45) is 0 Å². The SMILES string of the molecule is COc1ccc(OC)c(NC(=O)C(=O)N2CC(C)OC(C)C2)c1. The molecule has 0 bridgehead atoms. The lowest BCUT2D eigenvalue weighted by atomic mass is 10.2. The van der Waals surface area contributed by atoms with Crippen molar-refractivity contribution in [3.8, 4) is 11.5 Å². The van der Waals surface area contributed by atoms with E-state index in [-0.39, 0.29) is 12.2 Å². The Hall–Kier alpha value is -2.28. The molecule has 2 atom stereocenters. The van der Waals surface area contributed by atoms with Crippen LogP contribution in [-0.2, 0) is 14.3 Å². The molecule has 7 nitrogen and oxygen atoms in total. The van der Waals surface area contributed by atoms with Gasteiger partial charge in [0, 0.05) is 19.2 Å². The van der Waals surface area contributed by atoms with Gasteiger partial charge < -0.3 is 24.4 Å². The summed E-state index contributed by atoms with van der Waals surface area (Å²) in [5.74, 6) is -0.285. The first kappa shape index (κ1) is 17.1. The molecule has 1 aliphatic heterocycles. The quantitative estimate of drug-likeness (QED) is 0.848. The highest BCUT2D eigenvalue weighted by atomic mass is 16.5. The molecule has 0 aromatic heterocycles. The molecule has 0 radical (unpaired) electrons. The van der Waals surface area contributed by atoms with Gasteiger partial charge in [-0.05, 0) is 26.0 Å². The standard InChI is InChI=1S/C16H22N2O5/c1-10-8-18(9-11(2)23-10)16(20)15(19)17-13-7-12(21-3)5-6-14(13)22-4/h5-7,10-11H,8-9H2,1-4H3,(H,17,19). The fourth-order valence-corrected chi connectivity index (χ4v) is 2.57. The number of nitrogens with zero attached hydrogens (tertiary/aromatic N) is 1. The van der Waals surface area contributed by atoms with E-state index in [1.165, 1.54) is 19.1 Å². The fraction of sp³-hybridized carbons (Fsp3) is 0.500. The summed E-state index contributed by atoms with van der Waals surface area (Å²) in [6, 6.07) is 4.98. The molecule has 1 aromatic carbocycles. The molecule has 1 aromatic rings. The highest BCUT2D eigenvalue weighted by Crippen LogP contribution is 2.29. The van der Waals surface area contributed by atoms with Gasteiger partial charge in [-0.25, -0.2) is 0 Å². The average molecular weight is 322 g/mol. The Morgan fingerprint density at radius 1 is 1.17 bits per heavy atom. The van der Waals surface area contributed by atoms with Crippen LogP contribution >= 0.6 is 0 Å². The number of hydrogen-bond donors (Lipinski definition) is 1. The number of carbonyl (C=O) groups excluding carboxylic acids is 2. The lowest BCUT2D eigenvalue weighted by Gasteiger charge is -2.34. The number of ether oxygens (including phenoxy) is 3. The number of morpholine rings is 1. The highest BCUT2D eigenvalue weighted by molar-refractivity contribution is 6.39. The lowest BCUT2D eigenvalue weighted by Crippen LogP contribution is -2.51. The van der Waals surface area contributed by atoms with Gasteiger partial charge in [-0.3, -0.25) is 9.59 Å². The Labute approximate surface area is 135 Å². The van der Waals surface area contributed by atoms with E-state index in [9.17, 15) is 9.59 Å². The predicted octanol–water partition coefficient (Wildman–Crippen LogP) is 1.28. The largest absolute Gasteiger partial charge is 0.497 e. The minimum atomic E-state index is -0.710. The molecule has 0 spiro atoms. The molecule has 0 aliphatic carbocycles. The Morgan fingerprint density at radius 2 is 1.83 bits per heavy atom. The fourth-order valence-electron chi connectivity index (χ4n) is 2.57. The van der Waals surface area contributed by atoms with E-state index < -0.39 is 11.8 Å². The van der Waals surface area contributed by atoms with Crippen molar-refractivity contribution in [3.05, 3.63) is 18.2 Å². The third-order valence-corrected chi connectivity index (χ3v) is 3.56. The second-order valence-corrected chi connectivity index (χ2v) is 5.49. The normalized spacial score (nSPS) is 20.8. The molecule has 1 aliphatic rings. The molecule has 2 rings (SSSR count). The molecule has 23 heavy (non-hydrogen) atoms.